The van der Waals surface area contributed by atoms with E-state index in [1.165, 1.54) is 18.9 Å². The van der Waals surface area contributed by atoms with Crippen molar-refractivity contribution in [3.8, 4) is 0 Å². The number of ether oxygens (including phenoxy) is 2. The topological polar surface area (TPSA) is 55.8 Å². The molecule has 2 saturated carbocycles. The van der Waals surface area contributed by atoms with E-state index < -0.39 is 17.5 Å². The van der Waals surface area contributed by atoms with Crippen molar-refractivity contribution >= 4 is 5.97 Å². The molecule has 2 aliphatic heterocycles. The molecule has 3 fully saturated rings. The second kappa shape index (κ2) is 4.64. The van der Waals surface area contributed by atoms with Gasteiger partial charge in [-0.3, -0.25) is 0 Å². The van der Waals surface area contributed by atoms with E-state index in [2.05, 4.69) is 20.8 Å². The van der Waals surface area contributed by atoms with Crippen molar-refractivity contribution in [2.24, 2.45) is 22.7 Å². The molecule has 0 radical (unpaired) electrons. The number of aliphatic hydroxyl groups is 1. The molecule has 6 atom stereocenters. The molecular weight excluding hydrogens is 304 g/mol. The minimum absolute atomic E-state index is 0.106. The minimum atomic E-state index is -0.961. The Hall–Kier alpha value is -0.870. The van der Waals surface area contributed by atoms with Crippen LogP contribution in [0, 0.1) is 22.7 Å². The molecule has 0 unspecified atom stereocenters. The number of carbonyl (C=O) groups excluding carboxylic acids is 1. The molecule has 134 valence electrons. The van der Waals surface area contributed by atoms with Crippen molar-refractivity contribution in [1.82, 2.24) is 0 Å². The normalized spacial score (nSPS) is 52.7. The van der Waals surface area contributed by atoms with E-state index in [-0.39, 0.29) is 22.7 Å². The summed E-state index contributed by atoms with van der Waals surface area (Å²) in [4.78, 5) is 11.8. The zero-order chi connectivity index (χ0) is 17.5. The molecule has 24 heavy (non-hydrogen) atoms. The maximum Gasteiger partial charge on any atom is 0.333 e. The highest BCUT2D eigenvalue weighted by Crippen LogP contribution is 2.68. The number of rotatable bonds is 0. The van der Waals surface area contributed by atoms with E-state index >= 15 is 0 Å². The van der Waals surface area contributed by atoms with Gasteiger partial charge in [0.15, 0.2) is 0 Å². The molecule has 0 aromatic rings. The van der Waals surface area contributed by atoms with Gasteiger partial charge in [0.05, 0.1) is 11.7 Å². The van der Waals surface area contributed by atoms with Gasteiger partial charge in [0, 0.05) is 24.0 Å². The average molecular weight is 334 g/mol. The third-order valence-electron chi connectivity index (χ3n) is 7.94. The lowest BCUT2D eigenvalue weighted by molar-refractivity contribution is -0.255. The fourth-order valence-corrected chi connectivity index (χ4v) is 6.62. The van der Waals surface area contributed by atoms with Crippen molar-refractivity contribution in [1.29, 1.82) is 0 Å². The van der Waals surface area contributed by atoms with E-state index in [1.54, 1.807) is 0 Å². The SMILES string of the molecule is CC1=CC(=O)O[C@]12C[C@@H]1[C@@]3(C)CCCC(C)(C)[C@@H]3C[C@H](O)[C@@]1(C)O2. The highest BCUT2D eigenvalue weighted by atomic mass is 16.7. The zero-order valence-electron chi connectivity index (χ0n) is 15.5. The summed E-state index contributed by atoms with van der Waals surface area (Å²) in [6, 6.07) is 0. The molecule has 1 saturated heterocycles. The van der Waals surface area contributed by atoms with Crippen LogP contribution in [-0.2, 0) is 14.3 Å². The number of hydrogen-bond acceptors (Lipinski definition) is 4. The first-order valence-electron chi connectivity index (χ1n) is 9.33. The van der Waals surface area contributed by atoms with E-state index in [0.717, 1.165) is 18.4 Å². The van der Waals surface area contributed by atoms with Gasteiger partial charge in [-0.1, -0.05) is 27.2 Å². The Bertz CT molecular complexity index is 623. The second-order valence-corrected chi connectivity index (χ2v) is 9.70. The van der Waals surface area contributed by atoms with Crippen molar-refractivity contribution in [3.05, 3.63) is 11.6 Å². The smallest absolute Gasteiger partial charge is 0.333 e. The lowest BCUT2D eigenvalue weighted by Gasteiger charge is -2.61. The highest BCUT2D eigenvalue weighted by molar-refractivity contribution is 5.86. The predicted molar refractivity (Wildman–Crippen MR) is 90.0 cm³/mol. The summed E-state index contributed by atoms with van der Waals surface area (Å²) in [6.07, 6.45) is 6.03. The molecule has 0 aromatic heterocycles. The monoisotopic (exact) mass is 334 g/mol. The van der Waals surface area contributed by atoms with Crippen LogP contribution >= 0.6 is 0 Å². The molecule has 1 spiro atoms. The quantitative estimate of drug-likeness (QED) is 0.688. The number of fused-ring (bicyclic) bond motifs is 3. The average Bonchev–Trinajstić information content (AvgIpc) is 2.91. The lowest BCUT2D eigenvalue weighted by Crippen LogP contribution is -2.62. The first-order chi connectivity index (χ1) is 11.0. The van der Waals surface area contributed by atoms with Gasteiger partial charge >= 0.3 is 5.97 Å². The van der Waals surface area contributed by atoms with Crippen molar-refractivity contribution < 1.29 is 19.4 Å². The largest absolute Gasteiger partial charge is 0.426 e. The Balaban J connectivity index is 1.78. The molecule has 4 aliphatic rings. The molecular formula is C20H30O4. The summed E-state index contributed by atoms with van der Waals surface area (Å²) >= 11 is 0. The number of hydrogen-bond donors (Lipinski definition) is 1. The van der Waals surface area contributed by atoms with Gasteiger partial charge in [-0.2, -0.15) is 0 Å². The number of carbonyl (C=O) groups is 1. The predicted octanol–water partition coefficient (Wildman–Crippen LogP) is 3.58. The van der Waals surface area contributed by atoms with Crippen LogP contribution in [0.1, 0.15) is 66.7 Å². The molecule has 0 aromatic carbocycles. The van der Waals surface area contributed by atoms with Crippen LogP contribution < -0.4 is 0 Å². The first kappa shape index (κ1) is 16.6. The van der Waals surface area contributed by atoms with Gasteiger partial charge in [-0.15, -0.1) is 0 Å². The van der Waals surface area contributed by atoms with Gasteiger partial charge in [0.1, 0.15) is 0 Å². The number of aliphatic hydroxyl groups excluding tert-OH is 1. The van der Waals surface area contributed by atoms with Crippen LogP contribution in [0.2, 0.25) is 0 Å². The van der Waals surface area contributed by atoms with Gasteiger partial charge in [-0.05, 0) is 49.9 Å². The van der Waals surface area contributed by atoms with Crippen LogP contribution in [0.5, 0.6) is 0 Å². The summed E-state index contributed by atoms with van der Waals surface area (Å²) in [5, 5.41) is 11.0. The van der Waals surface area contributed by atoms with Crippen LogP contribution in [0.4, 0.5) is 0 Å². The number of esters is 1. The van der Waals surface area contributed by atoms with Crippen molar-refractivity contribution in [2.75, 3.05) is 0 Å². The Morgan fingerprint density at radius 2 is 1.88 bits per heavy atom. The summed E-state index contributed by atoms with van der Waals surface area (Å²) in [6.45, 7) is 11.0. The van der Waals surface area contributed by atoms with Gasteiger partial charge in [0.25, 0.3) is 0 Å². The maximum atomic E-state index is 11.8. The molecule has 4 heteroatoms. The zero-order valence-corrected chi connectivity index (χ0v) is 15.5. The Labute approximate surface area is 144 Å². The Kier molecular flexibility index (Phi) is 3.21. The van der Waals surface area contributed by atoms with Crippen molar-refractivity contribution in [3.63, 3.8) is 0 Å². The molecule has 4 rings (SSSR count). The molecule has 4 nitrogen and oxygen atoms in total. The fraction of sp³-hybridized carbons (Fsp3) is 0.850. The van der Waals surface area contributed by atoms with E-state index in [4.69, 9.17) is 9.47 Å². The first-order valence-corrected chi connectivity index (χ1v) is 9.33. The fourth-order valence-electron chi connectivity index (χ4n) is 6.62. The third-order valence-corrected chi connectivity index (χ3v) is 7.94. The highest BCUT2D eigenvalue weighted by Gasteiger charge is 2.70. The third kappa shape index (κ3) is 1.90. The maximum absolute atomic E-state index is 11.8. The Morgan fingerprint density at radius 1 is 1.17 bits per heavy atom. The lowest BCUT2D eigenvalue weighted by atomic mass is 9.45. The molecule has 0 amide bonds. The minimum Gasteiger partial charge on any atom is -0.426 e. The van der Waals surface area contributed by atoms with E-state index in [1.807, 2.05) is 13.8 Å². The summed E-state index contributed by atoms with van der Waals surface area (Å²) < 4.78 is 12.1. The van der Waals surface area contributed by atoms with Crippen LogP contribution in [0.3, 0.4) is 0 Å². The molecule has 1 N–H and O–H groups in total. The van der Waals surface area contributed by atoms with Crippen LogP contribution in [0.25, 0.3) is 0 Å². The van der Waals surface area contributed by atoms with Gasteiger partial charge in [-0.25, -0.2) is 4.79 Å². The van der Waals surface area contributed by atoms with E-state index in [0.29, 0.717) is 12.3 Å². The second-order valence-electron chi connectivity index (χ2n) is 9.70. The van der Waals surface area contributed by atoms with E-state index in [9.17, 15) is 9.90 Å². The summed E-state index contributed by atoms with van der Waals surface area (Å²) in [7, 11) is 0. The molecule has 2 heterocycles. The summed E-state index contributed by atoms with van der Waals surface area (Å²) in [5.41, 5.74) is 0.514. The molecule has 0 bridgehead atoms. The van der Waals surface area contributed by atoms with Crippen LogP contribution in [0.15, 0.2) is 11.6 Å². The summed E-state index contributed by atoms with van der Waals surface area (Å²) in [5.74, 6) is -0.633. The van der Waals surface area contributed by atoms with Crippen LogP contribution in [-0.4, -0.2) is 28.6 Å². The van der Waals surface area contributed by atoms with Crippen molar-refractivity contribution in [2.45, 2.75) is 84.2 Å². The van der Waals surface area contributed by atoms with Gasteiger partial charge in [0.2, 0.25) is 5.79 Å². The Morgan fingerprint density at radius 3 is 2.50 bits per heavy atom. The van der Waals surface area contributed by atoms with Gasteiger partial charge < -0.3 is 14.6 Å². The molecule has 2 aliphatic carbocycles. The standard InChI is InChI=1S/C20H30O4/c1-12-9-16(22)23-20(12)11-14-18(4)8-6-7-17(2,3)13(18)10-15(21)19(14,5)24-20/h9,13-15,21H,6-8,10-11H2,1-5H3/t13-,14+,15-,18-,19-,20-/m0/s1.